The van der Waals surface area contributed by atoms with Crippen LogP contribution in [-0.2, 0) is 20.9 Å². The molecule has 27 heavy (non-hydrogen) atoms. The van der Waals surface area contributed by atoms with Crippen molar-refractivity contribution in [1.82, 2.24) is 20.1 Å². The molecule has 0 bridgehead atoms. The van der Waals surface area contributed by atoms with Crippen molar-refractivity contribution in [1.29, 1.82) is 0 Å². The minimum absolute atomic E-state index is 0.0484. The van der Waals surface area contributed by atoms with E-state index in [0.717, 1.165) is 5.56 Å². The van der Waals surface area contributed by atoms with Gasteiger partial charge in [-0.05, 0) is 31.4 Å². The first kappa shape index (κ1) is 20.7. The Bertz CT molecular complexity index is 630. The van der Waals surface area contributed by atoms with Crippen LogP contribution in [0, 0.1) is 0 Å². The molecule has 0 spiro atoms. The maximum atomic E-state index is 12.2. The topological polar surface area (TPSA) is 91.8 Å². The lowest BCUT2D eigenvalue weighted by molar-refractivity contribution is -0.130. The summed E-state index contributed by atoms with van der Waals surface area (Å²) in [4.78, 5) is 43.1. The van der Waals surface area contributed by atoms with E-state index in [-0.39, 0.29) is 30.4 Å². The molecule has 1 saturated heterocycles. The third-order valence-electron chi connectivity index (χ3n) is 4.54. The van der Waals surface area contributed by atoms with Crippen molar-refractivity contribution in [2.24, 2.45) is 0 Å². The van der Waals surface area contributed by atoms with Crippen molar-refractivity contribution in [2.75, 3.05) is 26.2 Å². The molecule has 1 fully saturated rings. The average molecular weight is 376 g/mol. The number of hydrogen-bond acceptors (Lipinski definition) is 5. The molecule has 1 N–H and O–H groups in total. The Morgan fingerprint density at radius 2 is 2.07 bits per heavy atom. The van der Waals surface area contributed by atoms with Crippen molar-refractivity contribution in [3.8, 4) is 0 Å². The van der Waals surface area contributed by atoms with Gasteiger partial charge in [-0.25, -0.2) is 4.79 Å². The van der Waals surface area contributed by atoms with Crippen LogP contribution in [0.1, 0.15) is 38.7 Å². The van der Waals surface area contributed by atoms with E-state index in [1.165, 1.54) is 6.92 Å². The molecule has 1 aliphatic heterocycles. The first-order valence-electron chi connectivity index (χ1n) is 9.35. The first-order chi connectivity index (χ1) is 13.0. The molecule has 2 heterocycles. The third-order valence-corrected chi connectivity index (χ3v) is 4.54. The molecule has 0 aliphatic carbocycles. The van der Waals surface area contributed by atoms with Gasteiger partial charge in [0.15, 0.2) is 0 Å². The molecule has 0 unspecified atom stereocenters. The summed E-state index contributed by atoms with van der Waals surface area (Å²) in [5, 5.41) is 3.00. The van der Waals surface area contributed by atoms with Crippen molar-refractivity contribution in [3.63, 3.8) is 0 Å². The van der Waals surface area contributed by atoms with Crippen LogP contribution in [-0.4, -0.2) is 65.0 Å². The largest absolute Gasteiger partial charge is 0.450 e. The van der Waals surface area contributed by atoms with Gasteiger partial charge >= 0.3 is 6.09 Å². The normalized spacial score (nSPS) is 14.5. The Hall–Kier alpha value is -2.64. The molecule has 1 aliphatic rings. The minimum Gasteiger partial charge on any atom is -0.450 e. The summed E-state index contributed by atoms with van der Waals surface area (Å²) in [6, 6.07) is 3.77. The zero-order valence-corrected chi connectivity index (χ0v) is 16.0. The number of likely N-dealkylation sites (tertiary alicyclic amines) is 1. The SMILES string of the molecule is CCOC(=O)N1CCC(NC(=O)CCN(Cc2cccnc2)C(C)=O)CC1. The van der Waals surface area contributed by atoms with E-state index in [9.17, 15) is 14.4 Å². The van der Waals surface area contributed by atoms with Crippen molar-refractivity contribution < 1.29 is 19.1 Å². The number of carbonyl (C=O) groups is 3. The van der Waals surface area contributed by atoms with Gasteiger partial charge in [-0.3, -0.25) is 14.6 Å². The number of carbonyl (C=O) groups excluding carboxylic acids is 3. The highest BCUT2D eigenvalue weighted by Crippen LogP contribution is 2.12. The zero-order chi connectivity index (χ0) is 19.6. The molecule has 0 radical (unpaired) electrons. The number of nitrogens with one attached hydrogen (secondary N) is 1. The fourth-order valence-electron chi connectivity index (χ4n) is 3.02. The number of rotatable bonds is 7. The quantitative estimate of drug-likeness (QED) is 0.780. The van der Waals surface area contributed by atoms with Crippen molar-refractivity contribution in [3.05, 3.63) is 30.1 Å². The molecule has 3 amide bonds. The van der Waals surface area contributed by atoms with Gasteiger partial charge in [-0.1, -0.05) is 6.07 Å². The van der Waals surface area contributed by atoms with E-state index in [2.05, 4.69) is 10.3 Å². The number of nitrogens with zero attached hydrogens (tertiary/aromatic N) is 3. The second kappa shape index (κ2) is 10.5. The second-order valence-corrected chi connectivity index (χ2v) is 6.58. The molecule has 8 heteroatoms. The van der Waals surface area contributed by atoms with Crippen LogP contribution >= 0.6 is 0 Å². The van der Waals surface area contributed by atoms with Crippen molar-refractivity contribution in [2.45, 2.75) is 45.7 Å². The Balaban J connectivity index is 1.73. The second-order valence-electron chi connectivity index (χ2n) is 6.58. The van der Waals surface area contributed by atoms with Gasteiger partial charge in [0.25, 0.3) is 0 Å². The third kappa shape index (κ3) is 6.88. The first-order valence-corrected chi connectivity index (χ1v) is 9.35. The molecule has 1 aromatic rings. The lowest BCUT2D eigenvalue weighted by atomic mass is 10.1. The highest BCUT2D eigenvalue weighted by molar-refractivity contribution is 5.78. The Morgan fingerprint density at radius 1 is 1.33 bits per heavy atom. The highest BCUT2D eigenvalue weighted by atomic mass is 16.6. The highest BCUT2D eigenvalue weighted by Gasteiger charge is 2.24. The molecule has 2 rings (SSSR count). The van der Waals surface area contributed by atoms with Crippen LogP contribution in [0.4, 0.5) is 4.79 Å². The molecule has 0 saturated carbocycles. The molecule has 8 nitrogen and oxygen atoms in total. The molecular formula is C19H28N4O4. The number of piperidine rings is 1. The standard InChI is InChI=1S/C19H28N4O4/c1-3-27-19(26)22-10-6-17(7-11-22)21-18(25)8-12-23(15(2)24)14-16-5-4-9-20-13-16/h4-5,9,13,17H,3,6-8,10-12,14H2,1-2H3,(H,21,25). The van der Waals surface area contributed by atoms with E-state index < -0.39 is 0 Å². The summed E-state index contributed by atoms with van der Waals surface area (Å²) in [7, 11) is 0. The van der Waals surface area contributed by atoms with Gasteiger partial charge in [0.05, 0.1) is 6.61 Å². The summed E-state index contributed by atoms with van der Waals surface area (Å²) >= 11 is 0. The van der Waals surface area contributed by atoms with Gasteiger partial charge in [0.1, 0.15) is 0 Å². The lowest BCUT2D eigenvalue weighted by Crippen LogP contribution is -2.47. The van der Waals surface area contributed by atoms with Crippen LogP contribution in [0.15, 0.2) is 24.5 Å². The van der Waals surface area contributed by atoms with E-state index in [4.69, 9.17) is 4.74 Å². The number of pyridine rings is 1. The summed E-state index contributed by atoms with van der Waals surface area (Å²) in [5.74, 6) is -0.156. The van der Waals surface area contributed by atoms with E-state index in [0.29, 0.717) is 45.6 Å². The molecular weight excluding hydrogens is 348 g/mol. The predicted octanol–water partition coefficient (Wildman–Crippen LogP) is 1.56. The molecule has 1 aromatic heterocycles. The lowest BCUT2D eigenvalue weighted by Gasteiger charge is -2.31. The Morgan fingerprint density at radius 3 is 2.67 bits per heavy atom. The zero-order valence-electron chi connectivity index (χ0n) is 16.0. The Kier molecular flexibility index (Phi) is 8.03. The van der Waals surface area contributed by atoms with Crippen LogP contribution < -0.4 is 5.32 Å². The van der Waals surface area contributed by atoms with Gasteiger partial charge < -0.3 is 19.9 Å². The van der Waals surface area contributed by atoms with Gasteiger partial charge in [0.2, 0.25) is 11.8 Å². The monoisotopic (exact) mass is 376 g/mol. The average Bonchev–Trinajstić information content (AvgIpc) is 2.66. The number of ether oxygens (including phenoxy) is 1. The van der Waals surface area contributed by atoms with E-state index in [1.807, 2.05) is 12.1 Å². The van der Waals surface area contributed by atoms with Crippen molar-refractivity contribution >= 4 is 17.9 Å². The molecule has 148 valence electrons. The van der Waals surface area contributed by atoms with Crippen LogP contribution in [0.25, 0.3) is 0 Å². The minimum atomic E-state index is -0.297. The van der Waals surface area contributed by atoms with Crippen LogP contribution in [0.5, 0.6) is 0 Å². The van der Waals surface area contributed by atoms with Crippen LogP contribution in [0.2, 0.25) is 0 Å². The van der Waals surface area contributed by atoms with Crippen LogP contribution in [0.3, 0.4) is 0 Å². The number of amides is 3. The Labute approximate surface area is 159 Å². The summed E-state index contributed by atoms with van der Waals surface area (Å²) in [6.07, 6.45) is 4.76. The molecule has 0 aromatic carbocycles. The number of hydrogen-bond donors (Lipinski definition) is 1. The fourth-order valence-corrected chi connectivity index (χ4v) is 3.02. The summed E-state index contributed by atoms with van der Waals surface area (Å²) in [6.45, 7) is 5.59. The summed E-state index contributed by atoms with van der Waals surface area (Å²) in [5.41, 5.74) is 0.930. The van der Waals surface area contributed by atoms with E-state index >= 15 is 0 Å². The van der Waals surface area contributed by atoms with Gasteiger partial charge in [0, 0.05) is 58.0 Å². The fraction of sp³-hybridized carbons (Fsp3) is 0.579. The maximum absolute atomic E-state index is 12.2. The molecule has 0 atom stereocenters. The predicted molar refractivity (Wildman–Crippen MR) is 99.7 cm³/mol. The number of aromatic nitrogens is 1. The van der Waals surface area contributed by atoms with Gasteiger partial charge in [-0.2, -0.15) is 0 Å². The summed E-state index contributed by atoms with van der Waals surface area (Å²) < 4.78 is 4.99. The maximum Gasteiger partial charge on any atom is 0.409 e. The smallest absolute Gasteiger partial charge is 0.409 e. The van der Waals surface area contributed by atoms with E-state index in [1.54, 1.807) is 29.1 Å². The van der Waals surface area contributed by atoms with Gasteiger partial charge in [-0.15, -0.1) is 0 Å².